The third-order valence-corrected chi connectivity index (χ3v) is 5.90. The SMILES string of the molecule is CCC(CC)(CN)NC(=O)C(C)NS(=O)(=O)c1ccc(NC(C)=O)cc1. The van der Waals surface area contributed by atoms with Crippen molar-refractivity contribution >= 4 is 27.5 Å². The van der Waals surface area contributed by atoms with E-state index >= 15 is 0 Å². The molecule has 0 aromatic heterocycles. The summed E-state index contributed by atoms with van der Waals surface area (Å²) < 4.78 is 27.3. The van der Waals surface area contributed by atoms with Gasteiger partial charge in [0.15, 0.2) is 0 Å². The van der Waals surface area contributed by atoms with Crippen LogP contribution in [0.4, 0.5) is 5.69 Å². The lowest BCUT2D eigenvalue weighted by atomic mass is 9.92. The van der Waals surface area contributed by atoms with E-state index in [9.17, 15) is 18.0 Å². The smallest absolute Gasteiger partial charge is 0.241 e. The minimum Gasteiger partial charge on any atom is -0.348 e. The molecule has 0 spiro atoms. The number of hydrogen-bond donors (Lipinski definition) is 4. The molecule has 1 aromatic rings. The van der Waals surface area contributed by atoms with Gasteiger partial charge in [-0.25, -0.2) is 8.42 Å². The molecule has 0 saturated carbocycles. The predicted octanol–water partition coefficient (Wildman–Crippen LogP) is 0.946. The van der Waals surface area contributed by atoms with Crippen molar-refractivity contribution in [1.82, 2.24) is 10.0 Å². The van der Waals surface area contributed by atoms with Gasteiger partial charge in [0.25, 0.3) is 0 Å². The number of carbonyl (C=O) groups excluding carboxylic acids is 2. The molecule has 2 amide bonds. The molecule has 0 heterocycles. The lowest BCUT2D eigenvalue weighted by molar-refractivity contribution is -0.124. The van der Waals surface area contributed by atoms with Crippen LogP contribution < -0.4 is 21.1 Å². The zero-order valence-electron chi connectivity index (χ0n) is 15.6. The van der Waals surface area contributed by atoms with Crippen molar-refractivity contribution in [2.24, 2.45) is 5.73 Å². The predicted molar refractivity (Wildman–Crippen MR) is 101 cm³/mol. The van der Waals surface area contributed by atoms with Gasteiger partial charge in [0.1, 0.15) is 0 Å². The highest BCUT2D eigenvalue weighted by Crippen LogP contribution is 2.16. The Morgan fingerprint density at radius 3 is 2.12 bits per heavy atom. The first kappa shape index (κ1) is 22.1. The monoisotopic (exact) mass is 384 g/mol. The van der Waals surface area contributed by atoms with E-state index in [2.05, 4.69) is 15.4 Å². The molecular formula is C17H28N4O4S. The van der Waals surface area contributed by atoms with Crippen LogP contribution in [-0.2, 0) is 19.6 Å². The molecular weight excluding hydrogens is 356 g/mol. The summed E-state index contributed by atoms with van der Waals surface area (Å²) in [6.07, 6.45) is 1.30. The summed E-state index contributed by atoms with van der Waals surface area (Å²) in [6.45, 7) is 6.95. The molecule has 1 rings (SSSR count). The number of amides is 2. The maximum atomic E-state index is 12.5. The van der Waals surface area contributed by atoms with Crippen molar-refractivity contribution in [2.45, 2.75) is 57.0 Å². The molecule has 9 heteroatoms. The van der Waals surface area contributed by atoms with Crippen LogP contribution in [0.2, 0.25) is 0 Å². The van der Waals surface area contributed by atoms with Gasteiger partial charge in [0.05, 0.1) is 16.5 Å². The Morgan fingerprint density at radius 2 is 1.69 bits per heavy atom. The second kappa shape index (κ2) is 9.11. The fourth-order valence-corrected chi connectivity index (χ4v) is 3.61. The van der Waals surface area contributed by atoms with Crippen molar-refractivity contribution in [1.29, 1.82) is 0 Å². The zero-order chi connectivity index (χ0) is 20.0. The van der Waals surface area contributed by atoms with E-state index in [0.29, 0.717) is 18.5 Å². The molecule has 1 unspecified atom stereocenters. The summed E-state index contributed by atoms with van der Waals surface area (Å²) in [5.41, 5.74) is 5.70. The molecule has 0 bridgehead atoms. The Hall–Kier alpha value is -1.97. The summed E-state index contributed by atoms with van der Waals surface area (Å²) >= 11 is 0. The highest BCUT2D eigenvalue weighted by Gasteiger charge is 2.30. The molecule has 0 fully saturated rings. The normalized spacial score (nSPS) is 13.1. The van der Waals surface area contributed by atoms with Gasteiger partial charge in [-0.2, -0.15) is 4.72 Å². The van der Waals surface area contributed by atoms with Gasteiger partial charge >= 0.3 is 0 Å². The molecule has 0 radical (unpaired) electrons. The topological polar surface area (TPSA) is 130 Å². The second-order valence-electron chi connectivity index (χ2n) is 6.23. The minimum atomic E-state index is -3.88. The van der Waals surface area contributed by atoms with Crippen LogP contribution >= 0.6 is 0 Å². The number of anilines is 1. The van der Waals surface area contributed by atoms with E-state index in [1.165, 1.54) is 38.1 Å². The van der Waals surface area contributed by atoms with Gasteiger partial charge in [-0.3, -0.25) is 9.59 Å². The van der Waals surface area contributed by atoms with Crippen molar-refractivity contribution in [3.63, 3.8) is 0 Å². The number of nitrogens with two attached hydrogens (primary N) is 1. The molecule has 0 aliphatic heterocycles. The van der Waals surface area contributed by atoms with Gasteiger partial charge in [-0.05, 0) is 44.0 Å². The van der Waals surface area contributed by atoms with Crippen molar-refractivity contribution in [3.05, 3.63) is 24.3 Å². The van der Waals surface area contributed by atoms with Gasteiger partial charge in [-0.1, -0.05) is 13.8 Å². The molecule has 146 valence electrons. The minimum absolute atomic E-state index is 0.00215. The van der Waals surface area contributed by atoms with E-state index < -0.39 is 27.5 Å². The third-order valence-electron chi connectivity index (χ3n) is 4.34. The van der Waals surface area contributed by atoms with Crippen LogP contribution in [0.5, 0.6) is 0 Å². The first-order valence-electron chi connectivity index (χ1n) is 8.51. The van der Waals surface area contributed by atoms with E-state index in [4.69, 9.17) is 5.73 Å². The summed E-state index contributed by atoms with van der Waals surface area (Å²) in [5, 5.41) is 5.40. The Morgan fingerprint density at radius 1 is 1.15 bits per heavy atom. The van der Waals surface area contributed by atoms with Crippen LogP contribution in [0.15, 0.2) is 29.2 Å². The van der Waals surface area contributed by atoms with Crippen LogP contribution in [-0.4, -0.2) is 38.4 Å². The Kier molecular flexibility index (Phi) is 7.73. The van der Waals surface area contributed by atoms with Crippen molar-refractivity contribution in [3.8, 4) is 0 Å². The average molecular weight is 385 g/mol. The molecule has 26 heavy (non-hydrogen) atoms. The Labute approximate surface area is 155 Å². The van der Waals surface area contributed by atoms with Gasteiger partial charge in [-0.15, -0.1) is 0 Å². The highest BCUT2D eigenvalue weighted by atomic mass is 32.2. The fourth-order valence-electron chi connectivity index (χ4n) is 2.41. The molecule has 5 N–H and O–H groups in total. The maximum Gasteiger partial charge on any atom is 0.241 e. The number of nitrogens with one attached hydrogen (secondary N) is 3. The lowest BCUT2D eigenvalue weighted by Gasteiger charge is -2.32. The van der Waals surface area contributed by atoms with Gasteiger partial charge in [0, 0.05) is 19.2 Å². The summed E-state index contributed by atoms with van der Waals surface area (Å²) in [6, 6.07) is 4.72. The van der Waals surface area contributed by atoms with E-state index in [-0.39, 0.29) is 17.3 Å². The first-order chi connectivity index (χ1) is 12.1. The van der Waals surface area contributed by atoms with Crippen molar-refractivity contribution in [2.75, 3.05) is 11.9 Å². The summed E-state index contributed by atoms with van der Waals surface area (Å²) in [7, 11) is -3.88. The summed E-state index contributed by atoms with van der Waals surface area (Å²) in [4.78, 5) is 23.4. The van der Waals surface area contributed by atoms with Gasteiger partial charge < -0.3 is 16.4 Å². The van der Waals surface area contributed by atoms with Gasteiger partial charge in [0.2, 0.25) is 21.8 Å². The molecule has 8 nitrogen and oxygen atoms in total. The van der Waals surface area contributed by atoms with E-state index in [1.54, 1.807) is 0 Å². The van der Waals surface area contributed by atoms with Crippen LogP contribution in [0, 0.1) is 0 Å². The number of sulfonamides is 1. The largest absolute Gasteiger partial charge is 0.348 e. The molecule has 0 aliphatic rings. The first-order valence-corrected chi connectivity index (χ1v) is 9.99. The van der Waals surface area contributed by atoms with Crippen LogP contribution in [0.3, 0.4) is 0 Å². The fraction of sp³-hybridized carbons (Fsp3) is 0.529. The number of carbonyl (C=O) groups is 2. The van der Waals surface area contributed by atoms with Crippen molar-refractivity contribution < 1.29 is 18.0 Å². The third kappa shape index (κ3) is 5.79. The standard InChI is InChI=1S/C17H28N4O4S/c1-5-17(6-2,11-18)20-16(23)12(3)21-26(24,25)15-9-7-14(8-10-15)19-13(4)22/h7-10,12,21H,5-6,11,18H2,1-4H3,(H,19,22)(H,20,23). The highest BCUT2D eigenvalue weighted by molar-refractivity contribution is 7.89. The summed E-state index contributed by atoms with van der Waals surface area (Å²) in [5.74, 6) is -0.683. The molecule has 0 saturated heterocycles. The Bertz CT molecular complexity index is 719. The molecule has 1 atom stereocenters. The Balaban J connectivity index is 2.85. The van der Waals surface area contributed by atoms with E-state index in [1.807, 2.05) is 13.8 Å². The second-order valence-corrected chi connectivity index (χ2v) is 7.94. The van der Waals surface area contributed by atoms with Crippen LogP contribution in [0.25, 0.3) is 0 Å². The maximum absolute atomic E-state index is 12.5. The quantitative estimate of drug-likeness (QED) is 0.503. The molecule has 0 aliphatic carbocycles. The number of rotatable bonds is 9. The number of hydrogen-bond acceptors (Lipinski definition) is 5. The lowest BCUT2D eigenvalue weighted by Crippen LogP contribution is -2.57. The number of benzene rings is 1. The zero-order valence-corrected chi connectivity index (χ0v) is 16.4. The van der Waals surface area contributed by atoms with Crippen LogP contribution in [0.1, 0.15) is 40.5 Å². The molecule has 1 aromatic carbocycles. The average Bonchev–Trinajstić information content (AvgIpc) is 2.59. The van der Waals surface area contributed by atoms with E-state index in [0.717, 1.165) is 0 Å².